The molecule has 1 spiro atoms. The van der Waals surface area contributed by atoms with Crippen LogP contribution in [0.2, 0.25) is 0 Å². The molecule has 2 fully saturated rings. The van der Waals surface area contributed by atoms with Gasteiger partial charge in [-0.1, -0.05) is 25.2 Å². The Bertz CT molecular complexity index is 476. The van der Waals surface area contributed by atoms with E-state index < -0.39 is 0 Å². The lowest BCUT2D eigenvalue weighted by Gasteiger charge is -2.40. The van der Waals surface area contributed by atoms with Gasteiger partial charge in [0.25, 0.3) is 0 Å². The highest BCUT2D eigenvalue weighted by Crippen LogP contribution is 2.40. The summed E-state index contributed by atoms with van der Waals surface area (Å²) in [5.74, 6) is 0.405. The van der Waals surface area contributed by atoms with Crippen LogP contribution in [0.4, 0.5) is 5.13 Å². The van der Waals surface area contributed by atoms with E-state index in [-0.39, 0.29) is 11.3 Å². The van der Waals surface area contributed by atoms with Crippen LogP contribution in [0.1, 0.15) is 33.1 Å². The first kappa shape index (κ1) is 13.8. The van der Waals surface area contributed by atoms with Crippen molar-refractivity contribution in [1.29, 1.82) is 0 Å². The van der Waals surface area contributed by atoms with Gasteiger partial charge in [-0.25, -0.2) is 0 Å². The maximum atomic E-state index is 12.2. The van der Waals surface area contributed by atoms with Crippen molar-refractivity contribution >= 4 is 22.4 Å². The van der Waals surface area contributed by atoms with E-state index in [1.807, 2.05) is 13.8 Å². The summed E-state index contributed by atoms with van der Waals surface area (Å²) in [6.07, 6.45) is 3.54. The summed E-state index contributed by atoms with van der Waals surface area (Å²) in [5.41, 5.74) is 2.06. The molecule has 0 radical (unpaired) electrons. The summed E-state index contributed by atoms with van der Waals surface area (Å²) >= 11 is 1.61. The van der Waals surface area contributed by atoms with Gasteiger partial charge in [0.2, 0.25) is 11.0 Å². The highest BCUT2D eigenvalue weighted by atomic mass is 32.1. The highest BCUT2D eigenvalue weighted by Gasteiger charge is 2.43. The number of nitrogens with zero attached hydrogens (tertiary/aromatic N) is 4. The quantitative estimate of drug-likeness (QED) is 0.837. The van der Waals surface area contributed by atoms with Crippen LogP contribution >= 0.6 is 11.3 Å². The number of piperidine rings is 1. The van der Waals surface area contributed by atoms with E-state index in [2.05, 4.69) is 20.0 Å². The minimum Gasteiger partial charge on any atom is -0.346 e. The van der Waals surface area contributed by atoms with E-state index in [4.69, 9.17) is 0 Å². The zero-order valence-corrected chi connectivity index (χ0v) is 13.0. The number of carbonyl (C=O) groups is 1. The summed E-state index contributed by atoms with van der Waals surface area (Å²) in [4.78, 5) is 16.6. The van der Waals surface area contributed by atoms with Crippen LogP contribution in [-0.2, 0) is 4.79 Å². The van der Waals surface area contributed by atoms with Crippen LogP contribution in [0.5, 0.6) is 0 Å². The lowest BCUT2D eigenvalue weighted by atomic mass is 9.79. The third kappa shape index (κ3) is 2.53. The molecule has 110 valence electrons. The molecule has 0 unspecified atom stereocenters. The van der Waals surface area contributed by atoms with Gasteiger partial charge in [-0.3, -0.25) is 4.79 Å². The van der Waals surface area contributed by atoms with Crippen LogP contribution < -0.4 is 4.90 Å². The minimum atomic E-state index is 0.105. The molecule has 0 N–H and O–H groups in total. The Kier molecular flexibility index (Phi) is 3.67. The topological polar surface area (TPSA) is 49.3 Å². The van der Waals surface area contributed by atoms with Gasteiger partial charge >= 0.3 is 0 Å². The van der Waals surface area contributed by atoms with Crippen molar-refractivity contribution in [1.82, 2.24) is 15.1 Å². The fourth-order valence-electron chi connectivity index (χ4n) is 3.50. The van der Waals surface area contributed by atoms with E-state index in [0.717, 1.165) is 37.7 Å². The molecular formula is C14H22N4OS. The number of amides is 1. The number of anilines is 1. The average molecular weight is 294 g/mol. The predicted octanol–water partition coefficient (Wildman–Crippen LogP) is 2.01. The van der Waals surface area contributed by atoms with Crippen molar-refractivity contribution in [3.63, 3.8) is 0 Å². The molecule has 0 saturated carbocycles. The fourth-order valence-corrected chi connectivity index (χ4v) is 4.09. The third-order valence-electron chi connectivity index (χ3n) is 4.52. The van der Waals surface area contributed by atoms with Crippen molar-refractivity contribution in [2.75, 3.05) is 31.1 Å². The maximum Gasteiger partial charge on any atom is 0.225 e. The molecule has 2 aliphatic rings. The first-order chi connectivity index (χ1) is 9.60. The summed E-state index contributed by atoms with van der Waals surface area (Å²) in [6, 6.07) is 0. The second-order valence-electron chi connectivity index (χ2n) is 6.41. The number of aromatic nitrogens is 2. The minimum absolute atomic E-state index is 0.105. The van der Waals surface area contributed by atoms with Crippen molar-refractivity contribution in [2.24, 2.45) is 11.3 Å². The molecule has 1 aromatic rings. The maximum absolute atomic E-state index is 12.2. The normalized spacial score (nSPS) is 26.8. The smallest absolute Gasteiger partial charge is 0.225 e. The zero-order valence-electron chi connectivity index (χ0n) is 12.2. The van der Waals surface area contributed by atoms with Gasteiger partial charge in [0, 0.05) is 37.5 Å². The number of rotatable bonds is 2. The van der Waals surface area contributed by atoms with Crippen LogP contribution in [0.15, 0.2) is 5.51 Å². The molecule has 1 aromatic heterocycles. The van der Waals surface area contributed by atoms with Crippen molar-refractivity contribution in [2.45, 2.75) is 33.1 Å². The van der Waals surface area contributed by atoms with Crippen LogP contribution in [-0.4, -0.2) is 47.2 Å². The molecule has 0 aromatic carbocycles. The van der Waals surface area contributed by atoms with Crippen LogP contribution in [0, 0.1) is 11.3 Å². The fraction of sp³-hybridized carbons (Fsp3) is 0.786. The zero-order chi connectivity index (χ0) is 14.2. The highest BCUT2D eigenvalue weighted by molar-refractivity contribution is 7.13. The molecule has 20 heavy (non-hydrogen) atoms. The monoisotopic (exact) mass is 294 g/mol. The van der Waals surface area contributed by atoms with Crippen LogP contribution in [0.3, 0.4) is 0 Å². The Morgan fingerprint density at radius 3 is 2.90 bits per heavy atom. The van der Waals surface area contributed by atoms with Gasteiger partial charge in [-0.15, -0.1) is 10.2 Å². The molecule has 0 aliphatic carbocycles. The molecule has 2 aliphatic heterocycles. The SMILES string of the molecule is CC(C)C(=O)N1CC[C@@]2(CCCN(c3nncs3)C2)C1. The van der Waals surface area contributed by atoms with Gasteiger partial charge in [-0.2, -0.15) is 0 Å². The standard InChI is InChI=1S/C14H22N4OS/c1-11(2)12(19)17-7-5-14(8-17)4-3-6-18(9-14)13-16-15-10-20-13/h10-11H,3-9H2,1-2H3/t14-/m0/s1. The molecule has 3 rings (SSSR count). The van der Waals surface area contributed by atoms with E-state index in [9.17, 15) is 4.79 Å². The molecule has 3 heterocycles. The molecule has 0 bridgehead atoms. The number of hydrogen-bond donors (Lipinski definition) is 0. The Balaban J connectivity index is 1.69. The van der Waals surface area contributed by atoms with Crippen molar-refractivity contribution in [3.8, 4) is 0 Å². The summed E-state index contributed by atoms with van der Waals surface area (Å²) in [6.45, 7) is 7.89. The third-order valence-corrected chi connectivity index (χ3v) is 5.27. The number of likely N-dealkylation sites (tertiary alicyclic amines) is 1. The molecule has 2 saturated heterocycles. The first-order valence-electron chi connectivity index (χ1n) is 7.40. The number of carbonyl (C=O) groups excluding carboxylic acids is 1. The largest absolute Gasteiger partial charge is 0.346 e. The van der Waals surface area contributed by atoms with Gasteiger partial charge in [0.15, 0.2) is 0 Å². The van der Waals surface area contributed by atoms with Crippen molar-refractivity contribution in [3.05, 3.63) is 5.51 Å². The Morgan fingerprint density at radius 2 is 2.20 bits per heavy atom. The predicted molar refractivity (Wildman–Crippen MR) is 79.8 cm³/mol. The van der Waals surface area contributed by atoms with Gasteiger partial charge in [0.1, 0.15) is 5.51 Å². The average Bonchev–Trinajstić information content (AvgIpc) is 3.08. The summed E-state index contributed by atoms with van der Waals surface area (Å²) < 4.78 is 0. The van der Waals surface area contributed by atoms with E-state index >= 15 is 0 Å². The van der Waals surface area contributed by atoms with Gasteiger partial charge in [0.05, 0.1) is 0 Å². The Labute approximate surface area is 124 Å². The Morgan fingerprint density at radius 1 is 1.35 bits per heavy atom. The molecule has 5 nitrogen and oxygen atoms in total. The summed E-state index contributed by atoms with van der Waals surface area (Å²) in [7, 11) is 0. The Hall–Kier alpha value is -1.17. The summed E-state index contributed by atoms with van der Waals surface area (Å²) in [5, 5.41) is 9.16. The first-order valence-corrected chi connectivity index (χ1v) is 8.28. The molecule has 1 atom stereocenters. The molecule has 6 heteroatoms. The lowest BCUT2D eigenvalue weighted by Crippen LogP contribution is -2.45. The van der Waals surface area contributed by atoms with Crippen molar-refractivity contribution < 1.29 is 4.79 Å². The van der Waals surface area contributed by atoms with Gasteiger partial charge in [-0.05, 0) is 19.3 Å². The van der Waals surface area contributed by atoms with Gasteiger partial charge < -0.3 is 9.80 Å². The van der Waals surface area contributed by atoms with E-state index in [0.29, 0.717) is 5.91 Å². The van der Waals surface area contributed by atoms with Crippen LogP contribution in [0.25, 0.3) is 0 Å². The molecule has 1 amide bonds. The molecular weight excluding hydrogens is 272 g/mol. The van der Waals surface area contributed by atoms with E-state index in [1.165, 1.54) is 12.8 Å². The lowest BCUT2D eigenvalue weighted by molar-refractivity contribution is -0.133. The second kappa shape index (κ2) is 5.31. The van der Waals surface area contributed by atoms with E-state index in [1.54, 1.807) is 16.8 Å². The second-order valence-corrected chi connectivity index (χ2v) is 7.22. The number of hydrogen-bond acceptors (Lipinski definition) is 5.